The molecular weight excluding hydrogens is 190 g/mol. The first-order chi connectivity index (χ1) is 6.92. The number of likely N-dealkylation sites (tertiary alicyclic amines) is 1. The van der Waals surface area contributed by atoms with Crippen LogP contribution in [0.2, 0.25) is 0 Å². The first kappa shape index (κ1) is 10.2. The fraction of sp³-hybridized carbons (Fsp3) is 0.667. The molecule has 0 aliphatic carbocycles. The Labute approximate surface area is 90.7 Å². The zero-order valence-corrected chi connectivity index (χ0v) is 9.72. The summed E-state index contributed by atoms with van der Waals surface area (Å²) in [6.45, 7) is 4.87. The molecule has 1 saturated heterocycles. The van der Waals surface area contributed by atoms with Crippen LogP contribution in [0.25, 0.3) is 0 Å². The smallest absolute Gasteiger partial charge is 0.0441 e. The Morgan fingerprint density at radius 1 is 1.57 bits per heavy atom. The normalized spacial score (nSPS) is 23.1. The summed E-state index contributed by atoms with van der Waals surface area (Å²) >= 11 is 1.92. The van der Waals surface area contributed by atoms with Crippen molar-refractivity contribution in [2.75, 3.05) is 13.1 Å². The van der Waals surface area contributed by atoms with E-state index in [0.29, 0.717) is 0 Å². The molecule has 1 nitrogen and oxygen atoms in total. The van der Waals surface area contributed by atoms with Gasteiger partial charge in [0.15, 0.2) is 0 Å². The van der Waals surface area contributed by atoms with Gasteiger partial charge in [-0.2, -0.15) is 0 Å². The van der Waals surface area contributed by atoms with E-state index in [2.05, 4.69) is 29.3 Å². The standard InChI is InChI=1S/C12H19NS/c1-2-3-8-13-9-4-6-11(13)12-7-5-10-14-12/h5,7,10-11H,2-4,6,8-9H2,1H3. The molecule has 1 fully saturated rings. The first-order valence-electron chi connectivity index (χ1n) is 5.69. The number of nitrogens with zero attached hydrogens (tertiary/aromatic N) is 1. The summed E-state index contributed by atoms with van der Waals surface area (Å²) in [5.41, 5.74) is 0. The van der Waals surface area contributed by atoms with Crippen molar-refractivity contribution in [3.63, 3.8) is 0 Å². The molecule has 0 bridgehead atoms. The van der Waals surface area contributed by atoms with Crippen molar-refractivity contribution in [2.24, 2.45) is 0 Å². The third kappa shape index (κ3) is 2.18. The maximum Gasteiger partial charge on any atom is 0.0441 e. The van der Waals surface area contributed by atoms with Crippen molar-refractivity contribution in [2.45, 2.75) is 38.6 Å². The van der Waals surface area contributed by atoms with Gasteiger partial charge < -0.3 is 0 Å². The van der Waals surface area contributed by atoms with E-state index in [-0.39, 0.29) is 0 Å². The van der Waals surface area contributed by atoms with E-state index in [9.17, 15) is 0 Å². The first-order valence-corrected chi connectivity index (χ1v) is 6.57. The minimum atomic E-state index is 0.738. The fourth-order valence-corrected chi connectivity index (χ4v) is 3.15. The van der Waals surface area contributed by atoms with E-state index in [1.165, 1.54) is 38.8 Å². The summed E-state index contributed by atoms with van der Waals surface area (Å²) < 4.78 is 0. The highest BCUT2D eigenvalue weighted by atomic mass is 32.1. The van der Waals surface area contributed by atoms with Gasteiger partial charge in [-0.15, -0.1) is 11.3 Å². The van der Waals surface area contributed by atoms with Crippen molar-refractivity contribution in [3.05, 3.63) is 22.4 Å². The van der Waals surface area contributed by atoms with Crippen molar-refractivity contribution in [1.82, 2.24) is 4.90 Å². The van der Waals surface area contributed by atoms with Crippen LogP contribution < -0.4 is 0 Å². The molecule has 1 atom stereocenters. The topological polar surface area (TPSA) is 3.24 Å². The second-order valence-electron chi connectivity index (χ2n) is 4.06. The third-order valence-corrected chi connectivity index (χ3v) is 4.01. The van der Waals surface area contributed by atoms with Crippen LogP contribution in [0.4, 0.5) is 0 Å². The van der Waals surface area contributed by atoms with Crippen LogP contribution in [0.5, 0.6) is 0 Å². The molecule has 0 saturated carbocycles. The molecule has 1 aromatic heterocycles. The summed E-state index contributed by atoms with van der Waals surface area (Å²) in [6, 6.07) is 5.21. The molecule has 1 aromatic rings. The van der Waals surface area contributed by atoms with Crippen LogP contribution in [0.1, 0.15) is 43.5 Å². The lowest BCUT2D eigenvalue weighted by Gasteiger charge is -2.23. The van der Waals surface area contributed by atoms with Crippen molar-refractivity contribution in [1.29, 1.82) is 0 Å². The molecule has 1 aliphatic heterocycles. The van der Waals surface area contributed by atoms with Crippen LogP contribution in [0.3, 0.4) is 0 Å². The van der Waals surface area contributed by atoms with Gasteiger partial charge in [-0.1, -0.05) is 19.4 Å². The summed E-state index contributed by atoms with van der Waals surface area (Å²) in [5, 5.41) is 2.20. The number of hydrogen-bond acceptors (Lipinski definition) is 2. The number of rotatable bonds is 4. The monoisotopic (exact) mass is 209 g/mol. The van der Waals surface area contributed by atoms with Crippen LogP contribution >= 0.6 is 11.3 Å². The van der Waals surface area contributed by atoms with Gasteiger partial charge in [0, 0.05) is 10.9 Å². The average Bonchev–Trinajstić information content (AvgIpc) is 2.84. The summed E-state index contributed by atoms with van der Waals surface area (Å²) in [7, 11) is 0. The van der Waals surface area contributed by atoms with Gasteiger partial charge in [0.05, 0.1) is 0 Å². The second-order valence-corrected chi connectivity index (χ2v) is 5.04. The molecule has 2 heteroatoms. The Kier molecular flexibility index (Phi) is 3.60. The lowest BCUT2D eigenvalue weighted by molar-refractivity contribution is 0.256. The van der Waals surface area contributed by atoms with E-state index < -0.39 is 0 Å². The lowest BCUT2D eigenvalue weighted by atomic mass is 10.2. The van der Waals surface area contributed by atoms with Gasteiger partial charge in [0.1, 0.15) is 0 Å². The molecule has 0 radical (unpaired) electrons. The molecular formula is C12H19NS. The average molecular weight is 209 g/mol. The van der Waals surface area contributed by atoms with Gasteiger partial charge >= 0.3 is 0 Å². The van der Waals surface area contributed by atoms with Crippen molar-refractivity contribution in [3.8, 4) is 0 Å². The highest BCUT2D eigenvalue weighted by Crippen LogP contribution is 2.34. The quantitative estimate of drug-likeness (QED) is 0.731. The summed E-state index contributed by atoms with van der Waals surface area (Å²) in [5.74, 6) is 0. The summed E-state index contributed by atoms with van der Waals surface area (Å²) in [6.07, 6.45) is 5.41. The van der Waals surface area contributed by atoms with E-state index in [1.807, 2.05) is 11.3 Å². The molecule has 2 rings (SSSR count). The van der Waals surface area contributed by atoms with Gasteiger partial charge in [-0.05, 0) is 43.8 Å². The molecule has 78 valence electrons. The Balaban J connectivity index is 1.97. The lowest BCUT2D eigenvalue weighted by Crippen LogP contribution is -2.23. The molecule has 0 N–H and O–H groups in total. The fourth-order valence-electron chi connectivity index (χ4n) is 2.26. The Hall–Kier alpha value is -0.340. The molecule has 0 amide bonds. The van der Waals surface area contributed by atoms with Crippen molar-refractivity contribution < 1.29 is 0 Å². The van der Waals surface area contributed by atoms with Crippen LogP contribution in [-0.4, -0.2) is 18.0 Å². The maximum absolute atomic E-state index is 2.66. The molecule has 0 aromatic carbocycles. The molecule has 2 heterocycles. The Bertz CT molecular complexity index is 255. The Morgan fingerprint density at radius 2 is 2.50 bits per heavy atom. The minimum absolute atomic E-state index is 0.738. The molecule has 1 unspecified atom stereocenters. The number of thiophene rings is 1. The highest BCUT2D eigenvalue weighted by molar-refractivity contribution is 7.10. The van der Waals surface area contributed by atoms with E-state index in [4.69, 9.17) is 0 Å². The molecule has 1 aliphatic rings. The number of hydrogen-bond donors (Lipinski definition) is 0. The largest absolute Gasteiger partial charge is 0.296 e. The van der Waals surface area contributed by atoms with E-state index >= 15 is 0 Å². The van der Waals surface area contributed by atoms with Crippen LogP contribution in [0.15, 0.2) is 17.5 Å². The van der Waals surface area contributed by atoms with Crippen molar-refractivity contribution >= 4 is 11.3 Å². The second kappa shape index (κ2) is 4.94. The summed E-state index contributed by atoms with van der Waals surface area (Å²) in [4.78, 5) is 4.23. The Morgan fingerprint density at radius 3 is 3.21 bits per heavy atom. The van der Waals surface area contributed by atoms with Crippen LogP contribution in [-0.2, 0) is 0 Å². The predicted octanol–water partition coefficient (Wildman–Crippen LogP) is 3.69. The van der Waals surface area contributed by atoms with E-state index in [0.717, 1.165) is 6.04 Å². The number of unbranched alkanes of at least 4 members (excludes halogenated alkanes) is 1. The predicted molar refractivity (Wildman–Crippen MR) is 62.8 cm³/mol. The molecule has 0 spiro atoms. The highest BCUT2D eigenvalue weighted by Gasteiger charge is 2.25. The van der Waals surface area contributed by atoms with Crippen LogP contribution in [0, 0.1) is 0 Å². The molecule has 14 heavy (non-hydrogen) atoms. The third-order valence-electron chi connectivity index (χ3n) is 3.03. The maximum atomic E-state index is 2.66. The van der Waals surface area contributed by atoms with Gasteiger partial charge in [-0.25, -0.2) is 0 Å². The van der Waals surface area contributed by atoms with E-state index in [1.54, 1.807) is 4.88 Å². The van der Waals surface area contributed by atoms with Gasteiger partial charge in [0.25, 0.3) is 0 Å². The zero-order valence-electron chi connectivity index (χ0n) is 8.91. The SMILES string of the molecule is CCCCN1CCCC1c1cccs1. The zero-order chi connectivity index (χ0) is 9.80. The van der Waals surface area contributed by atoms with Gasteiger partial charge in [-0.3, -0.25) is 4.90 Å². The minimum Gasteiger partial charge on any atom is -0.296 e. The van der Waals surface area contributed by atoms with Gasteiger partial charge in [0.2, 0.25) is 0 Å².